The molecular formula is C10H14BrNO. The minimum atomic E-state index is 0.875. The van der Waals surface area contributed by atoms with Crippen LogP contribution in [-0.2, 0) is 6.54 Å². The molecule has 1 N–H and O–H groups in total. The molecular weight excluding hydrogens is 230 g/mol. The molecule has 0 amide bonds. The number of methoxy groups -OCH3 is 1. The second kappa shape index (κ2) is 5.25. The highest BCUT2D eigenvalue weighted by atomic mass is 79.9. The van der Waals surface area contributed by atoms with Crippen molar-refractivity contribution in [2.75, 3.05) is 13.7 Å². The van der Waals surface area contributed by atoms with E-state index in [1.54, 1.807) is 7.11 Å². The summed E-state index contributed by atoms with van der Waals surface area (Å²) in [6.45, 7) is 3.99. The average molecular weight is 244 g/mol. The fraction of sp³-hybridized carbons (Fsp3) is 0.400. The lowest BCUT2D eigenvalue weighted by atomic mass is 10.2. The van der Waals surface area contributed by atoms with Gasteiger partial charge in [0.2, 0.25) is 0 Å². The molecule has 0 spiro atoms. The lowest BCUT2D eigenvalue weighted by Gasteiger charge is -2.06. The Morgan fingerprint density at radius 3 is 2.77 bits per heavy atom. The van der Waals surface area contributed by atoms with E-state index in [0.717, 1.165) is 23.3 Å². The number of benzene rings is 1. The van der Waals surface area contributed by atoms with Gasteiger partial charge in [0, 0.05) is 6.54 Å². The SMILES string of the molecule is CCNCc1ccc(OC)c(Br)c1. The molecule has 0 aliphatic carbocycles. The molecule has 0 heterocycles. The Kier molecular flexibility index (Phi) is 4.25. The van der Waals surface area contributed by atoms with Gasteiger partial charge in [-0.2, -0.15) is 0 Å². The third-order valence-electron chi connectivity index (χ3n) is 1.80. The van der Waals surface area contributed by atoms with E-state index in [2.05, 4.69) is 40.3 Å². The molecule has 0 saturated carbocycles. The van der Waals surface area contributed by atoms with Gasteiger partial charge in [-0.05, 0) is 40.2 Å². The minimum Gasteiger partial charge on any atom is -0.496 e. The van der Waals surface area contributed by atoms with Crippen LogP contribution >= 0.6 is 15.9 Å². The lowest BCUT2D eigenvalue weighted by Crippen LogP contribution is -2.11. The molecule has 1 aromatic rings. The first-order valence-corrected chi connectivity index (χ1v) is 5.10. The molecule has 0 radical (unpaired) electrons. The predicted molar refractivity (Wildman–Crippen MR) is 58.1 cm³/mol. The van der Waals surface area contributed by atoms with Crippen LogP contribution in [0.2, 0.25) is 0 Å². The number of halogens is 1. The Labute approximate surface area is 87.4 Å². The molecule has 2 nitrogen and oxygen atoms in total. The van der Waals surface area contributed by atoms with Gasteiger partial charge in [0.05, 0.1) is 11.6 Å². The monoisotopic (exact) mass is 243 g/mol. The topological polar surface area (TPSA) is 21.3 Å². The highest BCUT2D eigenvalue weighted by molar-refractivity contribution is 9.10. The molecule has 0 aliphatic rings. The van der Waals surface area contributed by atoms with Gasteiger partial charge < -0.3 is 10.1 Å². The van der Waals surface area contributed by atoms with E-state index in [-0.39, 0.29) is 0 Å². The van der Waals surface area contributed by atoms with E-state index in [9.17, 15) is 0 Å². The molecule has 0 unspecified atom stereocenters. The summed E-state index contributed by atoms with van der Waals surface area (Å²) in [5.74, 6) is 0.875. The van der Waals surface area contributed by atoms with Gasteiger partial charge in [0.25, 0.3) is 0 Å². The van der Waals surface area contributed by atoms with Crippen LogP contribution in [0.15, 0.2) is 22.7 Å². The van der Waals surface area contributed by atoms with Crippen molar-refractivity contribution < 1.29 is 4.74 Å². The minimum absolute atomic E-state index is 0.875. The Hall–Kier alpha value is -0.540. The summed E-state index contributed by atoms with van der Waals surface area (Å²) in [4.78, 5) is 0. The Morgan fingerprint density at radius 1 is 1.46 bits per heavy atom. The van der Waals surface area contributed by atoms with E-state index in [4.69, 9.17) is 4.74 Å². The molecule has 0 aromatic heterocycles. The van der Waals surface area contributed by atoms with Crippen molar-refractivity contribution in [3.63, 3.8) is 0 Å². The molecule has 0 bridgehead atoms. The van der Waals surface area contributed by atoms with Crippen LogP contribution < -0.4 is 10.1 Å². The Morgan fingerprint density at radius 2 is 2.23 bits per heavy atom. The molecule has 72 valence electrons. The zero-order valence-electron chi connectivity index (χ0n) is 7.93. The van der Waals surface area contributed by atoms with Crippen LogP contribution in [0.3, 0.4) is 0 Å². The standard InChI is InChI=1S/C10H14BrNO/c1-3-12-7-8-4-5-10(13-2)9(11)6-8/h4-6,12H,3,7H2,1-2H3. The fourth-order valence-electron chi connectivity index (χ4n) is 1.09. The number of hydrogen-bond donors (Lipinski definition) is 1. The molecule has 0 fully saturated rings. The van der Waals surface area contributed by atoms with Crippen LogP contribution in [-0.4, -0.2) is 13.7 Å². The van der Waals surface area contributed by atoms with Crippen molar-refractivity contribution >= 4 is 15.9 Å². The van der Waals surface area contributed by atoms with Gasteiger partial charge in [-0.1, -0.05) is 13.0 Å². The highest BCUT2D eigenvalue weighted by Crippen LogP contribution is 2.25. The molecule has 3 heteroatoms. The van der Waals surface area contributed by atoms with E-state index in [0.29, 0.717) is 0 Å². The van der Waals surface area contributed by atoms with Crippen molar-refractivity contribution in [2.24, 2.45) is 0 Å². The van der Waals surface area contributed by atoms with E-state index in [1.165, 1.54) is 5.56 Å². The maximum Gasteiger partial charge on any atom is 0.133 e. The van der Waals surface area contributed by atoms with Crippen molar-refractivity contribution in [3.8, 4) is 5.75 Å². The summed E-state index contributed by atoms with van der Waals surface area (Å²) in [5.41, 5.74) is 1.26. The van der Waals surface area contributed by atoms with Crippen LogP contribution in [0, 0.1) is 0 Å². The highest BCUT2D eigenvalue weighted by Gasteiger charge is 1.99. The maximum absolute atomic E-state index is 5.14. The van der Waals surface area contributed by atoms with Gasteiger partial charge in [0.1, 0.15) is 5.75 Å². The van der Waals surface area contributed by atoms with E-state index < -0.39 is 0 Å². The zero-order chi connectivity index (χ0) is 9.68. The number of ether oxygens (including phenoxy) is 1. The predicted octanol–water partition coefficient (Wildman–Crippen LogP) is 2.57. The molecule has 0 atom stereocenters. The smallest absolute Gasteiger partial charge is 0.133 e. The first-order valence-electron chi connectivity index (χ1n) is 4.31. The third kappa shape index (κ3) is 3.01. The quantitative estimate of drug-likeness (QED) is 0.878. The van der Waals surface area contributed by atoms with Gasteiger partial charge in [0.15, 0.2) is 0 Å². The first-order chi connectivity index (χ1) is 6.27. The second-order valence-corrected chi connectivity index (χ2v) is 3.60. The van der Waals surface area contributed by atoms with Crippen LogP contribution in [0.5, 0.6) is 5.75 Å². The van der Waals surface area contributed by atoms with Crippen LogP contribution in [0.1, 0.15) is 12.5 Å². The Balaban J connectivity index is 2.71. The van der Waals surface area contributed by atoms with Crippen molar-refractivity contribution in [1.29, 1.82) is 0 Å². The Bertz CT molecular complexity index is 276. The maximum atomic E-state index is 5.14. The average Bonchev–Trinajstić information content (AvgIpc) is 2.15. The molecule has 0 saturated heterocycles. The summed E-state index contributed by atoms with van der Waals surface area (Å²) in [5, 5.41) is 3.27. The van der Waals surface area contributed by atoms with Crippen molar-refractivity contribution in [2.45, 2.75) is 13.5 Å². The van der Waals surface area contributed by atoms with Crippen LogP contribution in [0.25, 0.3) is 0 Å². The van der Waals surface area contributed by atoms with Crippen molar-refractivity contribution in [3.05, 3.63) is 28.2 Å². The number of rotatable bonds is 4. The largest absolute Gasteiger partial charge is 0.496 e. The van der Waals surface area contributed by atoms with Crippen LogP contribution in [0.4, 0.5) is 0 Å². The molecule has 0 aliphatic heterocycles. The summed E-state index contributed by atoms with van der Waals surface area (Å²) < 4.78 is 6.14. The second-order valence-electron chi connectivity index (χ2n) is 2.75. The number of hydrogen-bond acceptors (Lipinski definition) is 2. The number of nitrogens with one attached hydrogen (secondary N) is 1. The molecule has 1 rings (SSSR count). The van der Waals surface area contributed by atoms with Crippen molar-refractivity contribution in [1.82, 2.24) is 5.32 Å². The van der Waals surface area contributed by atoms with Gasteiger partial charge in [-0.3, -0.25) is 0 Å². The zero-order valence-corrected chi connectivity index (χ0v) is 9.52. The van der Waals surface area contributed by atoms with E-state index >= 15 is 0 Å². The van der Waals surface area contributed by atoms with Gasteiger partial charge >= 0.3 is 0 Å². The summed E-state index contributed by atoms with van der Waals surface area (Å²) in [6.07, 6.45) is 0. The third-order valence-corrected chi connectivity index (χ3v) is 2.42. The first kappa shape index (κ1) is 10.5. The normalized spacial score (nSPS) is 10.1. The summed E-state index contributed by atoms with van der Waals surface area (Å²) in [7, 11) is 1.67. The summed E-state index contributed by atoms with van der Waals surface area (Å²) in [6, 6.07) is 6.10. The summed E-state index contributed by atoms with van der Waals surface area (Å²) >= 11 is 3.45. The van der Waals surface area contributed by atoms with E-state index in [1.807, 2.05) is 6.07 Å². The van der Waals surface area contributed by atoms with Gasteiger partial charge in [-0.15, -0.1) is 0 Å². The molecule has 13 heavy (non-hydrogen) atoms. The lowest BCUT2D eigenvalue weighted by molar-refractivity contribution is 0.412. The van der Waals surface area contributed by atoms with Gasteiger partial charge in [-0.25, -0.2) is 0 Å². The molecule has 1 aromatic carbocycles. The fourth-order valence-corrected chi connectivity index (χ4v) is 1.68.